The third-order valence-corrected chi connectivity index (χ3v) is 2.69. The van der Waals surface area contributed by atoms with E-state index < -0.39 is 0 Å². The lowest BCUT2D eigenvalue weighted by Crippen LogP contribution is -2.33. The molecule has 4 heteroatoms. The molecule has 2 rings (SSSR count). The predicted molar refractivity (Wildman–Crippen MR) is 74.3 cm³/mol. The summed E-state index contributed by atoms with van der Waals surface area (Å²) >= 11 is 0. The normalized spacial score (nSPS) is 13.1. The molecule has 0 atom stereocenters. The van der Waals surface area contributed by atoms with Crippen LogP contribution in [-0.2, 0) is 4.74 Å². The number of carbonyl (C=O) groups excluding carboxylic acids is 2. The van der Waals surface area contributed by atoms with Gasteiger partial charge in [0.15, 0.2) is 0 Å². The highest BCUT2D eigenvalue weighted by atomic mass is 16.5. The second-order valence-electron chi connectivity index (χ2n) is 3.92. The van der Waals surface area contributed by atoms with Crippen molar-refractivity contribution in [2.24, 2.45) is 0 Å². The summed E-state index contributed by atoms with van der Waals surface area (Å²) in [5, 5.41) is 0. The molecule has 0 bridgehead atoms. The highest BCUT2D eigenvalue weighted by Gasteiger charge is 2.34. The molecule has 1 aliphatic rings. The van der Waals surface area contributed by atoms with Crippen molar-refractivity contribution in [2.75, 3.05) is 19.8 Å². The molecule has 4 nitrogen and oxygen atoms in total. The van der Waals surface area contributed by atoms with Crippen molar-refractivity contribution in [3.8, 4) is 0 Å². The molecule has 0 aliphatic carbocycles. The lowest BCUT2D eigenvalue weighted by atomic mass is 10.1. The molecule has 2 amide bonds. The molecular weight excluding hydrogens is 242 g/mol. The minimum atomic E-state index is -0.217. The SMILES string of the molecule is CC.CCCOCCN1C(=O)c2ccccc2C1=O. The summed E-state index contributed by atoms with van der Waals surface area (Å²) in [5.74, 6) is -0.434. The maximum Gasteiger partial charge on any atom is 0.261 e. The number of rotatable bonds is 5. The van der Waals surface area contributed by atoms with Crippen molar-refractivity contribution >= 4 is 11.8 Å². The Morgan fingerprint density at radius 2 is 1.53 bits per heavy atom. The van der Waals surface area contributed by atoms with Gasteiger partial charge in [-0.05, 0) is 18.6 Å². The van der Waals surface area contributed by atoms with Crippen LogP contribution >= 0.6 is 0 Å². The van der Waals surface area contributed by atoms with Crippen molar-refractivity contribution in [2.45, 2.75) is 27.2 Å². The highest BCUT2D eigenvalue weighted by molar-refractivity contribution is 6.21. The second-order valence-corrected chi connectivity index (χ2v) is 3.92. The molecule has 0 spiro atoms. The Morgan fingerprint density at radius 3 is 2.00 bits per heavy atom. The highest BCUT2D eigenvalue weighted by Crippen LogP contribution is 2.21. The van der Waals surface area contributed by atoms with Crippen LogP contribution in [0.5, 0.6) is 0 Å². The Balaban J connectivity index is 0.000000861. The number of amides is 2. The van der Waals surface area contributed by atoms with Gasteiger partial charge in [0, 0.05) is 6.61 Å². The Morgan fingerprint density at radius 1 is 1.00 bits per heavy atom. The summed E-state index contributed by atoms with van der Waals surface area (Å²) in [5.41, 5.74) is 0.987. The molecule has 0 saturated carbocycles. The van der Waals surface area contributed by atoms with Crippen molar-refractivity contribution in [3.05, 3.63) is 35.4 Å². The van der Waals surface area contributed by atoms with E-state index in [1.807, 2.05) is 20.8 Å². The number of ether oxygens (including phenoxy) is 1. The minimum absolute atomic E-state index is 0.217. The molecule has 19 heavy (non-hydrogen) atoms. The Hall–Kier alpha value is -1.68. The first-order valence-electron chi connectivity index (χ1n) is 6.78. The molecule has 0 fully saturated rings. The van der Waals surface area contributed by atoms with Crippen molar-refractivity contribution in [1.29, 1.82) is 0 Å². The van der Waals surface area contributed by atoms with Gasteiger partial charge in [0.05, 0.1) is 24.3 Å². The van der Waals surface area contributed by atoms with E-state index in [2.05, 4.69) is 0 Å². The summed E-state index contributed by atoms with van der Waals surface area (Å²) in [6, 6.07) is 6.90. The molecule has 1 aromatic carbocycles. The Kier molecular flexibility index (Phi) is 6.22. The average molecular weight is 263 g/mol. The zero-order valence-electron chi connectivity index (χ0n) is 11.8. The summed E-state index contributed by atoms with van der Waals surface area (Å²) in [4.78, 5) is 25.1. The van der Waals surface area contributed by atoms with E-state index in [0.717, 1.165) is 6.42 Å². The van der Waals surface area contributed by atoms with Gasteiger partial charge in [-0.3, -0.25) is 14.5 Å². The van der Waals surface area contributed by atoms with Crippen LogP contribution in [0.15, 0.2) is 24.3 Å². The fraction of sp³-hybridized carbons (Fsp3) is 0.467. The van der Waals surface area contributed by atoms with Crippen LogP contribution in [0, 0.1) is 0 Å². The second kappa shape index (κ2) is 7.69. The van der Waals surface area contributed by atoms with E-state index in [4.69, 9.17) is 4.74 Å². The Bertz CT molecular complexity index is 408. The van der Waals surface area contributed by atoms with Gasteiger partial charge in [-0.2, -0.15) is 0 Å². The van der Waals surface area contributed by atoms with E-state index in [-0.39, 0.29) is 11.8 Å². The molecule has 104 valence electrons. The molecule has 0 radical (unpaired) electrons. The molecular formula is C15H21NO3. The van der Waals surface area contributed by atoms with Gasteiger partial charge in [0.25, 0.3) is 11.8 Å². The lowest BCUT2D eigenvalue weighted by molar-refractivity contribution is 0.0564. The predicted octanol–water partition coefficient (Wildman–Crippen LogP) is 2.74. The first-order chi connectivity index (χ1) is 9.25. The molecule has 1 aliphatic heterocycles. The number of imide groups is 1. The van der Waals surface area contributed by atoms with Crippen molar-refractivity contribution < 1.29 is 14.3 Å². The maximum absolute atomic E-state index is 11.9. The zero-order chi connectivity index (χ0) is 14.3. The van der Waals surface area contributed by atoms with Gasteiger partial charge >= 0.3 is 0 Å². The summed E-state index contributed by atoms with van der Waals surface area (Å²) in [6.45, 7) is 7.40. The smallest absolute Gasteiger partial charge is 0.261 e. The molecule has 0 unspecified atom stereocenters. The van der Waals surface area contributed by atoms with Gasteiger partial charge < -0.3 is 4.74 Å². The number of hydrogen-bond donors (Lipinski definition) is 0. The fourth-order valence-electron chi connectivity index (χ4n) is 1.84. The summed E-state index contributed by atoms with van der Waals surface area (Å²) < 4.78 is 5.29. The standard InChI is InChI=1S/C13H15NO3.C2H6/c1-2-8-17-9-7-14-12(15)10-5-3-4-6-11(10)13(14)16;1-2/h3-6H,2,7-9H2,1H3;1-2H3. The molecule has 0 aromatic heterocycles. The van der Waals surface area contributed by atoms with Crippen molar-refractivity contribution in [1.82, 2.24) is 4.90 Å². The van der Waals surface area contributed by atoms with Gasteiger partial charge in [-0.1, -0.05) is 32.9 Å². The first-order valence-corrected chi connectivity index (χ1v) is 6.78. The van der Waals surface area contributed by atoms with Crippen LogP contribution < -0.4 is 0 Å². The third-order valence-electron chi connectivity index (χ3n) is 2.69. The Labute approximate surface area is 114 Å². The third kappa shape index (κ3) is 3.41. The van der Waals surface area contributed by atoms with Crippen LogP contribution in [0.3, 0.4) is 0 Å². The lowest BCUT2D eigenvalue weighted by Gasteiger charge is -2.13. The van der Waals surface area contributed by atoms with E-state index in [0.29, 0.717) is 30.9 Å². The van der Waals surface area contributed by atoms with Crippen molar-refractivity contribution in [3.63, 3.8) is 0 Å². The average Bonchev–Trinajstić information content (AvgIpc) is 2.71. The largest absolute Gasteiger partial charge is 0.380 e. The first kappa shape index (κ1) is 15.4. The monoisotopic (exact) mass is 263 g/mol. The van der Waals surface area contributed by atoms with Crippen LogP contribution in [0.4, 0.5) is 0 Å². The number of hydrogen-bond acceptors (Lipinski definition) is 3. The molecule has 1 aromatic rings. The quantitative estimate of drug-likeness (QED) is 0.606. The molecule has 0 saturated heterocycles. The topological polar surface area (TPSA) is 46.6 Å². The minimum Gasteiger partial charge on any atom is -0.380 e. The van der Waals surface area contributed by atoms with Crippen LogP contribution in [0.2, 0.25) is 0 Å². The van der Waals surface area contributed by atoms with Gasteiger partial charge in [0.1, 0.15) is 0 Å². The number of fused-ring (bicyclic) bond motifs is 1. The van der Waals surface area contributed by atoms with Crippen LogP contribution in [0.1, 0.15) is 47.9 Å². The summed E-state index contributed by atoms with van der Waals surface area (Å²) in [7, 11) is 0. The number of nitrogens with zero attached hydrogens (tertiary/aromatic N) is 1. The molecule has 1 heterocycles. The van der Waals surface area contributed by atoms with E-state index in [1.54, 1.807) is 24.3 Å². The van der Waals surface area contributed by atoms with Gasteiger partial charge in [-0.25, -0.2) is 0 Å². The number of benzene rings is 1. The van der Waals surface area contributed by atoms with E-state index >= 15 is 0 Å². The van der Waals surface area contributed by atoms with Gasteiger partial charge in [0.2, 0.25) is 0 Å². The number of carbonyl (C=O) groups is 2. The zero-order valence-corrected chi connectivity index (χ0v) is 11.8. The van der Waals surface area contributed by atoms with Crippen LogP contribution in [0.25, 0.3) is 0 Å². The van der Waals surface area contributed by atoms with Gasteiger partial charge in [-0.15, -0.1) is 0 Å². The van der Waals surface area contributed by atoms with E-state index in [1.165, 1.54) is 4.90 Å². The van der Waals surface area contributed by atoms with E-state index in [9.17, 15) is 9.59 Å². The van der Waals surface area contributed by atoms with Crippen LogP contribution in [-0.4, -0.2) is 36.5 Å². The molecule has 0 N–H and O–H groups in total. The maximum atomic E-state index is 11.9. The summed E-state index contributed by atoms with van der Waals surface area (Å²) in [6.07, 6.45) is 0.933. The fourth-order valence-corrected chi connectivity index (χ4v) is 1.84.